The van der Waals surface area contributed by atoms with Gasteiger partial charge in [-0.2, -0.15) is 26.3 Å². The number of aliphatic carboxylic acids is 2. The average molecular weight is 616 g/mol. The zero-order chi connectivity index (χ0) is 31.2. The Balaban J connectivity index is 0.000000349. The van der Waals surface area contributed by atoms with Crippen LogP contribution in [0.1, 0.15) is 5.56 Å². The van der Waals surface area contributed by atoms with Gasteiger partial charge >= 0.3 is 24.3 Å². The van der Waals surface area contributed by atoms with Crippen LogP contribution in [0, 0.1) is 5.82 Å². The smallest absolute Gasteiger partial charge is 0.475 e. The lowest BCUT2D eigenvalue weighted by atomic mass is 10.1. The van der Waals surface area contributed by atoms with Crippen LogP contribution in [0.4, 0.5) is 30.7 Å². The first kappa shape index (κ1) is 33.5. The second-order valence-corrected chi connectivity index (χ2v) is 10.4. The number of halogens is 7. The van der Waals surface area contributed by atoms with Crippen LogP contribution in [0.5, 0.6) is 0 Å². The van der Waals surface area contributed by atoms with E-state index in [1.54, 1.807) is 36.4 Å². The van der Waals surface area contributed by atoms with Crippen molar-refractivity contribution in [2.45, 2.75) is 23.8 Å². The van der Waals surface area contributed by atoms with E-state index in [-0.39, 0.29) is 4.90 Å². The summed E-state index contributed by atoms with van der Waals surface area (Å²) in [4.78, 5) is 22.5. The van der Waals surface area contributed by atoms with Crippen LogP contribution < -0.4 is 0 Å². The predicted molar refractivity (Wildman–Crippen MR) is 131 cm³/mol. The number of carbonyl (C=O) groups is 2. The van der Waals surface area contributed by atoms with E-state index in [2.05, 4.69) is 16.8 Å². The lowest BCUT2D eigenvalue weighted by Crippen LogP contribution is -2.43. The van der Waals surface area contributed by atoms with Crippen molar-refractivity contribution in [2.75, 3.05) is 33.2 Å². The maximum Gasteiger partial charge on any atom is 0.490 e. The number of carboxylic acids is 2. The molecule has 0 spiro atoms. The molecule has 0 radical (unpaired) electrons. The Labute approximate surface area is 229 Å². The summed E-state index contributed by atoms with van der Waals surface area (Å²) < 4.78 is 105. The van der Waals surface area contributed by atoms with Crippen molar-refractivity contribution < 1.29 is 59.0 Å². The van der Waals surface area contributed by atoms with Gasteiger partial charge in [-0.3, -0.25) is 4.90 Å². The number of aromatic nitrogens is 1. The van der Waals surface area contributed by atoms with Crippen molar-refractivity contribution in [3.63, 3.8) is 0 Å². The Kier molecular flexibility index (Phi) is 10.9. The van der Waals surface area contributed by atoms with E-state index >= 15 is 0 Å². The summed E-state index contributed by atoms with van der Waals surface area (Å²) in [6.07, 6.45) is -8.65. The summed E-state index contributed by atoms with van der Waals surface area (Å²) >= 11 is 0. The highest BCUT2D eigenvalue weighted by molar-refractivity contribution is 7.90. The van der Waals surface area contributed by atoms with E-state index in [9.17, 15) is 39.2 Å². The quantitative estimate of drug-likeness (QED) is 0.423. The van der Waals surface area contributed by atoms with Crippen LogP contribution in [0.2, 0.25) is 0 Å². The van der Waals surface area contributed by atoms with Crippen LogP contribution in [0.15, 0.2) is 59.6 Å². The highest BCUT2D eigenvalue weighted by Gasteiger charge is 2.38. The van der Waals surface area contributed by atoms with Crippen molar-refractivity contribution in [1.29, 1.82) is 0 Å². The van der Waals surface area contributed by atoms with E-state index in [4.69, 9.17) is 19.8 Å². The molecule has 9 nitrogen and oxygen atoms in total. The minimum Gasteiger partial charge on any atom is -0.475 e. The van der Waals surface area contributed by atoms with Gasteiger partial charge in [0.05, 0.1) is 10.4 Å². The van der Waals surface area contributed by atoms with Crippen LogP contribution in [-0.2, 0) is 26.2 Å². The summed E-state index contributed by atoms with van der Waals surface area (Å²) in [5.41, 5.74) is 1.19. The molecule has 1 saturated heterocycles. The number of nitrogens with zero attached hydrogens (tertiary/aromatic N) is 3. The van der Waals surface area contributed by atoms with Gasteiger partial charge in [0, 0.05) is 44.3 Å². The molecule has 0 saturated carbocycles. The molecule has 1 aromatic heterocycles. The van der Waals surface area contributed by atoms with E-state index in [0.717, 1.165) is 37.1 Å². The van der Waals surface area contributed by atoms with E-state index in [0.29, 0.717) is 12.1 Å². The van der Waals surface area contributed by atoms with Gasteiger partial charge in [0.2, 0.25) is 0 Å². The van der Waals surface area contributed by atoms with Gasteiger partial charge in [0.25, 0.3) is 10.0 Å². The first-order valence-corrected chi connectivity index (χ1v) is 12.9. The standard InChI is InChI=1S/C20H22FN3O2S.2C2HF3O2/c1-22-9-11-23(12-10-22)15-16-13-17(21)14-20-19(16)7-8-24(20)27(25,26)18-5-3-2-4-6-18;2*3-2(4,5)1(6)7/h2-8,13-14H,9-12,15H2,1H3;2*(H,6,7). The molecule has 2 N–H and O–H groups in total. The number of piperazine rings is 1. The maximum absolute atomic E-state index is 14.3. The molecule has 17 heteroatoms. The van der Waals surface area contributed by atoms with E-state index in [1.807, 2.05) is 0 Å². The zero-order valence-corrected chi connectivity index (χ0v) is 22.0. The lowest BCUT2D eigenvalue weighted by molar-refractivity contribution is -0.193. The number of fused-ring (bicyclic) bond motifs is 1. The van der Waals surface area contributed by atoms with E-state index in [1.165, 1.54) is 22.3 Å². The van der Waals surface area contributed by atoms with Crippen LogP contribution in [-0.4, -0.2) is 89.9 Å². The molecule has 3 aromatic rings. The van der Waals surface area contributed by atoms with Crippen LogP contribution in [0.3, 0.4) is 0 Å². The summed E-state index contributed by atoms with van der Waals surface area (Å²) in [7, 11) is -1.68. The second kappa shape index (κ2) is 13.3. The van der Waals surface area contributed by atoms with Gasteiger partial charge in [0.1, 0.15) is 5.82 Å². The molecule has 1 fully saturated rings. The van der Waals surface area contributed by atoms with Crippen molar-refractivity contribution in [3.8, 4) is 0 Å². The minimum atomic E-state index is -5.08. The summed E-state index contributed by atoms with van der Waals surface area (Å²) in [5, 5.41) is 15.0. The molecule has 1 aliphatic rings. The fourth-order valence-corrected chi connectivity index (χ4v) is 4.91. The van der Waals surface area contributed by atoms with Crippen molar-refractivity contribution in [2.24, 2.45) is 0 Å². The summed E-state index contributed by atoms with van der Waals surface area (Å²) in [6, 6.07) is 12.8. The zero-order valence-electron chi connectivity index (χ0n) is 21.2. The number of benzene rings is 2. The third-order valence-corrected chi connectivity index (χ3v) is 7.30. The fraction of sp³-hybridized carbons (Fsp3) is 0.333. The number of rotatable bonds is 4. The maximum atomic E-state index is 14.3. The Bertz CT molecular complexity index is 1430. The van der Waals surface area contributed by atoms with Gasteiger partial charge in [-0.1, -0.05) is 18.2 Å². The Hall–Kier alpha value is -3.70. The lowest BCUT2D eigenvalue weighted by Gasteiger charge is -2.32. The Morgan fingerprint density at radius 2 is 1.34 bits per heavy atom. The molecule has 4 rings (SSSR count). The van der Waals surface area contributed by atoms with Gasteiger partial charge in [0.15, 0.2) is 0 Å². The second-order valence-electron chi connectivity index (χ2n) is 8.61. The van der Waals surface area contributed by atoms with Gasteiger partial charge in [-0.15, -0.1) is 0 Å². The SMILES string of the molecule is CN1CCN(Cc2cc(F)cc3c2ccn3S(=O)(=O)c2ccccc2)CC1.O=C(O)C(F)(F)F.O=C(O)C(F)(F)F. The Morgan fingerprint density at radius 1 is 0.854 bits per heavy atom. The van der Waals surface area contributed by atoms with Crippen molar-refractivity contribution >= 4 is 32.9 Å². The monoisotopic (exact) mass is 615 g/mol. The van der Waals surface area contributed by atoms with E-state index < -0.39 is 40.1 Å². The molecular formula is C24H24F7N3O6S. The van der Waals surface area contributed by atoms with Crippen molar-refractivity contribution in [1.82, 2.24) is 13.8 Å². The Morgan fingerprint density at radius 3 is 1.80 bits per heavy atom. The molecule has 41 heavy (non-hydrogen) atoms. The molecular weight excluding hydrogens is 591 g/mol. The topological polar surface area (TPSA) is 120 Å². The molecule has 2 aromatic carbocycles. The molecule has 0 unspecified atom stereocenters. The number of hydrogen-bond acceptors (Lipinski definition) is 6. The first-order chi connectivity index (χ1) is 18.8. The minimum absolute atomic E-state index is 0.187. The van der Waals surface area contributed by atoms with Gasteiger partial charge < -0.3 is 15.1 Å². The summed E-state index contributed by atoms with van der Waals surface area (Å²) in [6.45, 7) is 4.39. The molecule has 0 bridgehead atoms. The van der Waals surface area contributed by atoms with Crippen LogP contribution >= 0.6 is 0 Å². The number of alkyl halides is 6. The third-order valence-electron chi connectivity index (χ3n) is 5.60. The normalized spacial score (nSPS) is 14.9. The largest absolute Gasteiger partial charge is 0.490 e. The average Bonchev–Trinajstić information content (AvgIpc) is 3.30. The van der Waals surface area contributed by atoms with Crippen molar-refractivity contribution in [3.05, 3.63) is 66.1 Å². The molecule has 0 amide bonds. The predicted octanol–water partition coefficient (Wildman–Crippen LogP) is 4.03. The highest BCUT2D eigenvalue weighted by Crippen LogP contribution is 2.27. The first-order valence-electron chi connectivity index (χ1n) is 11.4. The summed E-state index contributed by atoms with van der Waals surface area (Å²) in [5.74, 6) is -5.94. The number of carboxylic acid groups (broad SMARTS) is 2. The third kappa shape index (κ3) is 9.43. The van der Waals surface area contributed by atoms with Gasteiger partial charge in [-0.25, -0.2) is 26.4 Å². The molecule has 1 aliphatic heterocycles. The van der Waals surface area contributed by atoms with Crippen LogP contribution in [0.25, 0.3) is 10.9 Å². The highest BCUT2D eigenvalue weighted by atomic mass is 32.2. The van der Waals surface area contributed by atoms with Gasteiger partial charge in [-0.05, 0) is 42.9 Å². The molecule has 0 atom stereocenters. The molecule has 2 heterocycles. The fourth-order valence-electron chi connectivity index (χ4n) is 3.55. The molecule has 0 aliphatic carbocycles. The number of hydrogen-bond donors (Lipinski definition) is 2. The molecule has 226 valence electrons. The number of likely N-dealkylation sites (N-methyl/N-ethyl adjacent to an activating group) is 1.